The van der Waals surface area contributed by atoms with Crippen LogP contribution in [0.25, 0.3) is 0 Å². The van der Waals surface area contributed by atoms with Crippen molar-refractivity contribution in [2.24, 2.45) is 0 Å². The summed E-state index contributed by atoms with van der Waals surface area (Å²) in [6.45, 7) is 2.16. The van der Waals surface area contributed by atoms with Crippen molar-refractivity contribution >= 4 is 38.9 Å². The number of phenolic OH excluding ortho intramolecular Hbond substituents is 1. The number of hydrogen-bond acceptors (Lipinski definition) is 1. The van der Waals surface area contributed by atoms with Gasteiger partial charge >= 0.3 is 0 Å². The molecule has 1 atom stereocenters. The fraction of sp³-hybridized carbons (Fsp3) is 0.0769. The summed E-state index contributed by atoms with van der Waals surface area (Å²) >= 11 is 0. The van der Waals surface area contributed by atoms with E-state index in [-0.39, 0.29) is 10.9 Å². The second-order valence-corrected chi connectivity index (χ2v) is 15.0. The first-order valence-electron chi connectivity index (χ1n) is 16.6. The minimum absolute atomic E-state index is 0.186. The highest BCUT2D eigenvalue weighted by molar-refractivity contribution is 7.95. The van der Waals surface area contributed by atoms with Crippen molar-refractivity contribution < 1.29 is 92.9 Å². The maximum atomic E-state index is 15.4. The molecule has 1 N–H and O–H groups in total. The van der Waals surface area contributed by atoms with Crippen molar-refractivity contribution in [2.45, 2.75) is 17.6 Å². The lowest BCUT2D eigenvalue weighted by Gasteiger charge is -2.44. The van der Waals surface area contributed by atoms with Gasteiger partial charge in [0.1, 0.15) is 70.4 Å². The molecule has 6 rings (SSSR count). The van der Waals surface area contributed by atoms with Gasteiger partial charge in [-0.25, -0.2) is 87.8 Å². The topological polar surface area (TPSA) is 20.2 Å². The number of aryl methyl sites for hydroxylation is 1. The Hall–Kier alpha value is -5.87. The first-order chi connectivity index (χ1) is 28.9. The average Bonchev–Trinajstić information content (AvgIpc) is 3.24. The second kappa shape index (κ2) is 17.5. The van der Waals surface area contributed by atoms with E-state index in [4.69, 9.17) is 0 Å². The SMILES string of the molecule is Cc1ccccc1C[S+](C)c1ccc(O)cc1.Fc1c(F)c(F)c([B-](c2c(F)c(F)c(F)c(F)c2F)(c2c(F)c(F)c(F)c(F)c2F)c2c(F)c(F)c(F)c(F)c2F)c(F)c1F. The molecular formula is C39H17BF20OS. The monoisotopic (exact) mass is 924 g/mol. The van der Waals surface area contributed by atoms with Gasteiger partial charge in [-0.3, -0.25) is 0 Å². The summed E-state index contributed by atoms with van der Waals surface area (Å²) < 4.78 is 294. The van der Waals surface area contributed by atoms with Gasteiger partial charge in [-0.15, -0.1) is 21.9 Å². The van der Waals surface area contributed by atoms with Gasteiger partial charge in [-0.2, -0.15) is 0 Å². The third-order valence-electron chi connectivity index (χ3n) is 9.58. The average molecular weight is 924 g/mol. The molecular weight excluding hydrogens is 907 g/mol. The van der Waals surface area contributed by atoms with Crippen LogP contribution < -0.4 is 21.9 Å². The molecule has 0 spiro atoms. The normalized spacial score (nSPS) is 12.1. The molecule has 0 fully saturated rings. The molecule has 6 aromatic rings. The Morgan fingerprint density at radius 1 is 0.371 bits per heavy atom. The number of rotatable bonds is 7. The predicted octanol–water partition coefficient (Wildman–Crippen LogP) is 9.35. The highest BCUT2D eigenvalue weighted by atomic mass is 32.2. The van der Waals surface area contributed by atoms with Gasteiger partial charge < -0.3 is 5.11 Å². The van der Waals surface area contributed by atoms with E-state index in [0.717, 1.165) is 5.75 Å². The fourth-order valence-corrected chi connectivity index (χ4v) is 8.20. The lowest BCUT2D eigenvalue weighted by molar-refractivity contribution is 0.378. The molecule has 0 amide bonds. The number of aromatic hydroxyl groups is 1. The van der Waals surface area contributed by atoms with Crippen molar-refractivity contribution in [2.75, 3.05) is 6.26 Å². The molecule has 0 bridgehead atoms. The van der Waals surface area contributed by atoms with Crippen LogP contribution in [-0.2, 0) is 16.6 Å². The van der Waals surface area contributed by atoms with Crippen molar-refractivity contribution in [3.8, 4) is 5.75 Å². The zero-order chi connectivity index (χ0) is 46.6. The van der Waals surface area contributed by atoms with E-state index in [2.05, 4.69) is 37.4 Å². The van der Waals surface area contributed by atoms with Crippen molar-refractivity contribution in [3.63, 3.8) is 0 Å². The Morgan fingerprint density at radius 2 is 0.613 bits per heavy atom. The molecule has 0 radical (unpaired) electrons. The molecule has 6 aromatic carbocycles. The zero-order valence-electron chi connectivity index (χ0n) is 30.3. The van der Waals surface area contributed by atoms with Gasteiger partial charge in [0, 0.05) is 16.5 Å². The van der Waals surface area contributed by atoms with Crippen LogP contribution in [0, 0.1) is 123 Å². The molecule has 62 heavy (non-hydrogen) atoms. The Labute approximate surface area is 337 Å². The molecule has 0 aliphatic carbocycles. The summed E-state index contributed by atoms with van der Waals surface area (Å²) in [5.41, 5.74) is -11.6. The van der Waals surface area contributed by atoms with Crippen molar-refractivity contribution in [3.05, 3.63) is 176 Å². The zero-order valence-corrected chi connectivity index (χ0v) is 31.1. The summed E-state index contributed by atoms with van der Waals surface area (Å²) in [6, 6.07) is 16.1. The maximum absolute atomic E-state index is 15.4. The lowest BCUT2D eigenvalue weighted by atomic mass is 9.12. The molecule has 0 saturated heterocycles. The molecule has 0 saturated carbocycles. The van der Waals surface area contributed by atoms with Crippen LogP contribution in [0.4, 0.5) is 87.8 Å². The number of benzene rings is 6. The van der Waals surface area contributed by atoms with Crippen molar-refractivity contribution in [1.82, 2.24) is 0 Å². The van der Waals surface area contributed by atoms with E-state index in [0.29, 0.717) is 5.75 Å². The predicted molar refractivity (Wildman–Crippen MR) is 184 cm³/mol. The standard InChI is InChI=1S/C24BF20.C15H16OS/c26-5-1(6(27)14(35)21(42)13(5)34)25(2-7(28)15(36)22(43)16(37)8(2)29,3-9(30)17(38)23(44)18(39)10(3)31)4-11(32)19(40)24(45)20(41)12(4)33;1-12-5-3-4-6-13(12)11-17(2)15-9-7-14(16)8-10-15/h;3-10H,11H2,1-2H3/q-1;/p+1. The van der Waals surface area contributed by atoms with Gasteiger partial charge in [-0.1, -0.05) is 24.3 Å². The largest absolute Gasteiger partial charge is 0.508 e. The molecule has 328 valence electrons. The Bertz CT molecular complexity index is 2380. The van der Waals surface area contributed by atoms with E-state index >= 15 is 35.1 Å². The highest BCUT2D eigenvalue weighted by Crippen LogP contribution is 2.31. The van der Waals surface area contributed by atoms with Gasteiger partial charge in [0.05, 0.1) is 0 Å². The van der Waals surface area contributed by atoms with Crippen LogP contribution in [0.5, 0.6) is 5.75 Å². The highest BCUT2D eigenvalue weighted by Gasteiger charge is 2.52. The minimum Gasteiger partial charge on any atom is -0.508 e. The molecule has 1 unspecified atom stereocenters. The molecule has 1 nitrogen and oxygen atoms in total. The molecule has 0 aliphatic heterocycles. The van der Waals surface area contributed by atoms with E-state index in [1.165, 1.54) is 16.0 Å². The lowest BCUT2D eigenvalue weighted by Crippen LogP contribution is -2.81. The van der Waals surface area contributed by atoms with Gasteiger partial charge in [0.15, 0.2) is 74.7 Å². The summed E-state index contributed by atoms with van der Waals surface area (Å²) in [4.78, 5) is 1.30. The van der Waals surface area contributed by atoms with Crippen LogP contribution in [0.2, 0.25) is 0 Å². The summed E-state index contributed by atoms with van der Waals surface area (Å²) in [5.74, 6) is -70.0. The Morgan fingerprint density at radius 3 is 0.871 bits per heavy atom. The van der Waals surface area contributed by atoms with Crippen LogP contribution in [0.15, 0.2) is 53.4 Å². The molecule has 23 heteroatoms. The smallest absolute Gasteiger partial charge is 0.200 e. The second-order valence-electron chi connectivity index (χ2n) is 13.0. The Kier molecular flexibility index (Phi) is 13.3. The molecule has 0 heterocycles. The molecule has 0 aliphatic rings. The first kappa shape index (κ1) is 47.2. The Balaban J connectivity index is 0.000000355. The maximum Gasteiger partial charge on any atom is 0.200 e. The van der Waals surface area contributed by atoms with E-state index in [1.54, 1.807) is 12.1 Å². The third kappa shape index (κ3) is 7.46. The molecule has 0 aromatic heterocycles. The quantitative estimate of drug-likeness (QED) is 0.0557. The third-order valence-corrected chi connectivity index (χ3v) is 11.4. The number of hydrogen-bond donors (Lipinski definition) is 1. The summed E-state index contributed by atoms with van der Waals surface area (Å²) in [6.07, 6.45) is -4.97. The number of phenols is 1. The van der Waals surface area contributed by atoms with Crippen LogP contribution in [-0.4, -0.2) is 17.5 Å². The van der Waals surface area contributed by atoms with Crippen molar-refractivity contribution in [1.29, 1.82) is 0 Å². The van der Waals surface area contributed by atoms with Crippen LogP contribution >= 0.6 is 0 Å². The fourth-order valence-electron chi connectivity index (χ4n) is 6.64. The first-order valence-corrected chi connectivity index (χ1v) is 18.4. The summed E-state index contributed by atoms with van der Waals surface area (Å²) in [5, 5.41) is 9.28. The van der Waals surface area contributed by atoms with Gasteiger partial charge in [0.2, 0.25) is 0 Å². The van der Waals surface area contributed by atoms with E-state index in [9.17, 15) is 57.8 Å². The van der Waals surface area contributed by atoms with Crippen LogP contribution in [0.3, 0.4) is 0 Å². The van der Waals surface area contributed by atoms with E-state index in [1.807, 2.05) is 12.1 Å². The minimum atomic E-state index is -7.22. The summed E-state index contributed by atoms with van der Waals surface area (Å²) in [7, 11) is 0.186. The van der Waals surface area contributed by atoms with Crippen LogP contribution in [0.1, 0.15) is 11.1 Å². The van der Waals surface area contributed by atoms with E-state index < -0.39 is 144 Å². The number of halogens is 20. The van der Waals surface area contributed by atoms with Gasteiger partial charge in [-0.05, 0) is 36.8 Å². The van der Waals surface area contributed by atoms with Gasteiger partial charge in [0.25, 0.3) is 0 Å².